The van der Waals surface area contributed by atoms with Gasteiger partial charge in [0.25, 0.3) is 0 Å². The molecule has 0 radical (unpaired) electrons. The summed E-state index contributed by atoms with van der Waals surface area (Å²) in [7, 11) is 1.53. The van der Waals surface area contributed by atoms with Crippen LogP contribution in [-0.2, 0) is 14.4 Å². The summed E-state index contributed by atoms with van der Waals surface area (Å²) in [5.74, 6) is -0.367. The first-order valence-corrected chi connectivity index (χ1v) is 5.38. The molecule has 1 heterocycles. The molecule has 90 valence electrons. The van der Waals surface area contributed by atoms with E-state index in [1.807, 2.05) is 0 Å². The molecule has 1 saturated heterocycles. The number of carbonyl (C=O) groups excluding carboxylic acids is 3. The standard InChI is InChI=1S/C10H17N3O3/c1-11-9(15)6-13-5-3-2-4-8(10(13)16)12-7-14/h7-8H,2-6H2,1H3,(H,11,15)(H,12,14)/t8-/m0/s1. The van der Waals surface area contributed by atoms with Crippen molar-refractivity contribution in [2.24, 2.45) is 0 Å². The van der Waals surface area contributed by atoms with Crippen LogP contribution < -0.4 is 10.6 Å². The van der Waals surface area contributed by atoms with Crippen molar-refractivity contribution >= 4 is 18.2 Å². The summed E-state index contributed by atoms with van der Waals surface area (Å²) in [5.41, 5.74) is 0. The highest BCUT2D eigenvalue weighted by atomic mass is 16.2. The van der Waals surface area contributed by atoms with Crippen molar-refractivity contribution in [1.82, 2.24) is 15.5 Å². The fourth-order valence-corrected chi connectivity index (χ4v) is 1.75. The summed E-state index contributed by atoms with van der Waals surface area (Å²) < 4.78 is 0. The van der Waals surface area contributed by atoms with Gasteiger partial charge in [0.1, 0.15) is 6.04 Å². The van der Waals surface area contributed by atoms with E-state index in [0.717, 1.165) is 12.8 Å². The predicted octanol–water partition coefficient (Wildman–Crippen LogP) is -1.14. The van der Waals surface area contributed by atoms with Crippen molar-refractivity contribution in [3.8, 4) is 0 Å². The number of likely N-dealkylation sites (N-methyl/N-ethyl adjacent to an activating group) is 1. The summed E-state index contributed by atoms with van der Waals surface area (Å²) in [6.45, 7) is 0.635. The molecule has 3 amide bonds. The summed E-state index contributed by atoms with van der Waals surface area (Å²) in [6, 6.07) is -0.482. The lowest BCUT2D eigenvalue weighted by molar-refractivity contribution is -0.137. The highest BCUT2D eigenvalue weighted by molar-refractivity contribution is 5.88. The van der Waals surface area contributed by atoms with Crippen LogP contribution >= 0.6 is 0 Å². The Hall–Kier alpha value is -1.59. The van der Waals surface area contributed by atoms with Gasteiger partial charge in [-0.15, -0.1) is 0 Å². The second-order valence-corrected chi connectivity index (χ2v) is 3.77. The van der Waals surface area contributed by atoms with Crippen molar-refractivity contribution in [1.29, 1.82) is 0 Å². The van der Waals surface area contributed by atoms with Gasteiger partial charge in [-0.25, -0.2) is 0 Å². The zero-order valence-corrected chi connectivity index (χ0v) is 9.36. The van der Waals surface area contributed by atoms with Crippen LogP contribution in [0, 0.1) is 0 Å². The number of nitrogens with one attached hydrogen (secondary N) is 2. The lowest BCUT2D eigenvalue weighted by Gasteiger charge is -2.22. The van der Waals surface area contributed by atoms with Crippen LogP contribution in [0.5, 0.6) is 0 Å². The number of carbonyl (C=O) groups is 3. The Balaban J connectivity index is 2.63. The highest BCUT2D eigenvalue weighted by Gasteiger charge is 2.27. The summed E-state index contributed by atoms with van der Waals surface area (Å²) >= 11 is 0. The van der Waals surface area contributed by atoms with E-state index in [-0.39, 0.29) is 18.4 Å². The summed E-state index contributed by atoms with van der Waals surface area (Å²) in [5, 5.41) is 4.97. The number of rotatable bonds is 4. The highest BCUT2D eigenvalue weighted by Crippen LogP contribution is 2.11. The molecule has 0 bridgehead atoms. The van der Waals surface area contributed by atoms with Gasteiger partial charge in [-0.05, 0) is 19.3 Å². The molecule has 0 unspecified atom stereocenters. The smallest absolute Gasteiger partial charge is 0.245 e. The number of likely N-dealkylation sites (tertiary alicyclic amines) is 1. The van der Waals surface area contributed by atoms with Crippen molar-refractivity contribution in [2.45, 2.75) is 25.3 Å². The maximum atomic E-state index is 11.9. The zero-order valence-electron chi connectivity index (χ0n) is 9.36. The lowest BCUT2D eigenvalue weighted by atomic mass is 10.1. The third-order valence-corrected chi connectivity index (χ3v) is 2.66. The minimum Gasteiger partial charge on any atom is -0.358 e. The fourth-order valence-electron chi connectivity index (χ4n) is 1.75. The van der Waals surface area contributed by atoms with Gasteiger partial charge in [-0.3, -0.25) is 14.4 Å². The Kier molecular flexibility index (Phi) is 4.75. The van der Waals surface area contributed by atoms with Crippen LogP contribution in [0.3, 0.4) is 0 Å². The van der Waals surface area contributed by atoms with Gasteiger partial charge in [-0.2, -0.15) is 0 Å². The Morgan fingerprint density at radius 3 is 2.94 bits per heavy atom. The van der Waals surface area contributed by atoms with Gasteiger partial charge >= 0.3 is 0 Å². The second-order valence-electron chi connectivity index (χ2n) is 3.77. The van der Waals surface area contributed by atoms with E-state index in [9.17, 15) is 14.4 Å². The molecule has 1 atom stereocenters. The van der Waals surface area contributed by atoms with Crippen LogP contribution in [0.15, 0.2) is 0 Å². The maximum absolute atomic E-state index is 11.9. The number of hydrogen-bond donors (Lipinski definition) is 2. The van der Waals surface area contributed by atoms with E-state index in [2.05, 4.69) is 10.6 Å². The second kappa shape index (κ2) is 6.09. The maximum Gasteiger partial charge on any atom is 0.245 e. The third-order valence-electron chi connectivity index (χ3n) is 2.66. The predicted molar refractivity (Wildman–Crippen MR) is 57.5 cm³/mol. The Bertz CT molecular complexity index is 280. The zero-order chi connectivity index (χ0) is 12.0. The molecule has 6 heteroatoms. The van der Waals surface area contributed by atoms with E-state index < -0.39 is 6.04 Å². The van der Waals surface area contributed by atoms with Crippen LogP contribution in [0.4, 0.5) is 0 Å². The molecule has 1 fully saturated rings. The van der Waals surface area contributed by atoms with Gasteiger partial charge < -0.3 is 15.5 Å². The molecule has 0 aromatic rings. The molecular formula is C10H17N3O3. The SMILES string of the molecule is CNC(=O)CN1CCCC[C@H](NC=O)C1=O. The van der Waals surface area contributed by atoms with Crippen LogP contribution in [-0.4, -0.2) is 49.3 Å². The summed E-state index contributed by atoms with van der Waals surface area (Å²) in [6.07, 6.45) is 2.91. The van der Waals surface area contributed by atoms with E-state index in [4.69, 9.17) is 0 Å². The van der Waals surface area contributed by atoms with Crippen molar-refractivity contribution in [3.05, 3.63) is 0 Å². The van der Waals surface area contributed by atoms with Crippen LogP contribution in [0.2, 0.25) is 0 Å². The molecule has 0 aromatic carbocycles. The Labute approximate surface area is 94.4 Å². The van der Waals surface area contributed by atoms with Gasteiger partial charge in [-0.1, -0.05) is 0 Å². The monoisotopic (exact) mass is 227 g/mol. The molecule has 0 aromatic heterocycles. The van der Waals surface area contributed by atoms with Crippen LogP contribution in [0.1, 0.15) is 19.3 Å². The molecule has 0 spiro atoms. The number of hydrogen-bond acceptors (Lipinski definition) is 3. The number of nitrogens with zero attached hydrogens (tertiary/aromatic N) is 1. The molecule has 2 N–H and O–H groups in total. The molecule has 0 aliphatic carbocycles. The van der Waals surface area contributed by atoms with E-state index in [1.165, 1.54) is 11.9 Å². The normalized spacial score (nSPS) is 21.2. The molecule has 1 rings (SSSR count). The van der Waals surface area contributed by atoms with E-state index in [0.29, 0.717) is 19.4 Å². The van der Waals surface area contributed by atoms with Gasteiger partial charge in [0.15, 0.2) is 0 Å². The lowest BCUT2D eigenvalue weighted by Crippen LogP contribution is -2.47. The molecule has 16 heavy (non-hydrogen) atoms. The molecular weight excluding hydrogens is 210 g/mol. The van der Waals surface area contributed by atoms with Crippen molar-refractivity contribution in [3.63, 3.8) is 0 Å². The van der Waals surface area contributed by atoms with Crippen LogP contribution in [0.25, 0.3) is 0 Å². The molecule has 1 aliphatic rings. The summed E-state index contributed by atoms with van der Waals surface area (Å²) in [4.78, 5) is 35.0. The van der Waals surface area contributed by atoms with Gasteiger partial charge in [0.2, 0.25) is 18.2 Å². The first-order valence-electron chi connectivity index (χ1n) is 5.38. The number of amides is 3. The molecule has 1 aliphatic heterocycles. The van der Waals surface area contributed by atoms with Crippen molar-refractivity contribution < 1.29 is 14.4 Å². The average molecular weight is 227 g/mol. The van der Waals surface area contributed by atoms with E-state index in [1.54, 1.807) is 0 Å². The minimum atomic E-state index is -0.482. The molecule has 0 saturated carbocycles. The average Bonchev–Trinajstić information content (AvgIpc) is 2.44. The quantitative estimate of drug-likeness (QED) is 0.596. The van der Waals surface area contributed by atoms with Gasteiger partial charge in [0.05, 0.1) is 6.54 Å². The fraction of sp³-hybridized carbons (Fsp3) is 0.700. The first kappa shape index (κ1) is 12.5. The topological polar surface area (TPSA) is 78.5 Å². The van der Waals surface area contributed by atoms with E-state index >= 15 is 0 Å². The Morgan fingerprint density at radius 1 is 1.56 bits per heavy atom. The minimum absolute atomic E-state index is 0.0619. The van der Waals surface area contributed by atoms with Crippen molar-refractivity contribution in [2.75, 3.05) is 20.1 Å². The first-order chi connectivity index (χ1) is 7.69. The van der Waals surface area contributed by atoms with Gasteiger partial charge in [0, 0.05) is 13.6 Å². The third kappa shape index (κ3) is 3.22. The largest absolute Gasteiger partial charge is 0.358 e. The Morgan fingerprint density at radius 2 is 2.31 bits per heavy atom. The molecule has 6 nitrogen and oxygen atoms in total.